The van der Waals surface area contributed by atoms with Gasteiger partial charge in [-0.25, -0.2) is 12.1 Å². The normalized spacial score (nSPS) is 4.18. The second-order valence-corrected chi connectivity index (χ2v) is 0.962. The predicted octanol–water partition coefficient (Wildman–Crippen LogP) is -3.30. The Morgan fingerprint density at radius 2 is 1.27 bits per heavy atom. The van der Waals surface area contributed by atoms with Crippen LogP contribution in [-0.4, -0.2) is 0 Å². The van der Waals surface area contributed by atoms with Gasteiger partial charge in [-0.05, 0) is 0 Å². The quantitative estimate of drug-likeness (QED) is 0.434. The van der Waals surface area contributed by atoms with Crippen LogP contribution >= 0.6 is 0 Å². The van der Waals surface area contributed by atoms with Crippen molar-refractivity contribution < 1.29 is 51.0 Å². The average molecular weight is 271 g/mol. The Morgan fingerprint density at radius 1 is 1.00 bits per heavy atom. The second kappa shape index (κ2) is 30.8. The Morgan fingerprint density at radius 3 is 1.36 bits per heavy atom. The summed E-state index contributed by atoms with van der Waals surface area (Å²) in [5.41, 5.74) is 0. The fourth-order valence-corrected chi connectivity index (χ4v) is 0.321. The van der Waals surface area contributed by atoms with Gasteiger partial charge in [-0.3, -0.25) is 0 Å². The molecule has 1 aromatic carbocycles. The minimum atomic E-state index is 0. The number of hydrogen-bond donors (Lipinski definition) is 0. The molecule has 0 atom stereocenters. The fourth-order valence-electron chi connectivity index (χ4n) is 0.321. The molecule has 0 unspecified atom stereocenters. The van der Waals surface area contributed by atoms with Gasteiger partial charge in [0.15, 0.2) is 0 Å². The molecular formula is C8H13Cl2Zr-3. The van der Waals surface area contributed by atoms with Crippen molar-refractivity contribution in [2.45, 2.75) is 6.92 Å². The first-order valence-corrected chi connectivity index (χ1v) is 2.37. The van der Waals surface area contributed by atoms with Crippen molar-refractivity contribution in [1.82, 2.24) is 0 Å². The smallest absolute Gasteiger partial charge is 1.00 e. The molecule has 0 N–H and O–H groups in total. The molecule has 11 heavy (non-hydrogen) atoms. The molecule has 0 fully saturated rings. The SMILES string of the molecule is [CH2-]C.[CH3-].[Cl-].[Cl-].[Zr+2].c1cc[cH-]c1. The topological polar surface area (TPSA) is 0 Å². The number of hydrogen-bond acceptors (Lipinski definition) is 0. The second-order valence-electron chi connectivity index (χ2n) is 0.962. The molecule has 0 aliphatic rings. The van der Waals surface area contributed by atoms with E-state index in [1.54, 1.807) is 6.92 Å². The van der Waals surface area contributed by atoms with Crippen LogP contribution in [0.1, 0.15) is 6.92 Å². The standard InChI is InChI=1S/C5H5.C2H5.CH3.2ClH.Zr/c1-2-4-5-3-1;1-2;;;;/h1-5H;1H2,2H3;1H3;2*1H;/q3*-1;;;+2/p-2. The van der Waals surface area contributed by atoms with Crippen molar-refractivity contribution >= 4 is 0 Å². The van der Waals surface area contributed by atoms with Gasteiger partial charge in [0.05, 0.1) is 0 Å². The molecule has 1 rings (SSSR count). The summed E-state index contributed by atoms with van der Waals surface area (Å²) in [6.07, 6.45) is 0. The van der Waals surface area contributed by atoms with Crippen LogP contribution in [0.5, 0.6) is 0 Å². The summed E-state index contributed by atoms with van der Waals surface area (Å²) in [6, 6.07) is 10.0. The summed E-state index contributed by atoms with van der Waals surface area (Å²) in [4.78, 5) is 0. The predicted molar refractivity (Wildman–Crippen MR) is 39.5 cm³/mol. The van der Waals surface area contributed by atoms with Gasteiger partial charge in [-0.15, -0.1) is 0 Å². The van der Waals surface area contributed by atoms with E-state index >= 15 is 0 Å². The van der Waals surface area contributed by atoms with Crippen LogP contribution in [0.3, 0.4) is 0 Å². The van der Waals surface area contributed by atoms with Gasteiger partial charge in [0, 0.05) is 0 Å². The van der Waals surface area contributed by atoms with E-state index in [1.165, 1.54) is 0 Å². The maximum absolute atomic E-state index is 3.25. The van der Waals surface area contributed by atoms with Crippen LogP contribution in [0.15, 0.2) is 30.3 Å². The van der Waals surface area contributed by atoms with Crippen molar-refractivity contribution in [2.24, 2.45) is 0 Å². The first kappa shape index (κ1) is 29.8. The maximum Gasteiger partial charge on any atom is 2.00 e. The van der Waals surface area contributed by atoms with E-state index in [2.05, 4.69) is 6.92 Å². The molecule has 0 aliphatic heterocycles. The third kappa shape index (κ3) is 24.9. The molecule has 0 aromatic heterocycles. The monoisotopic (exact) mass is 269 g/mol. The molecule has 0 saturated carbocycles. The average Bonchev–Trinajstić information content (AvgIpc) is 2.23. The minimum Gasteiger partial charge on any atom is -1.00 e. The minimum absolute atomic E-state index is 0. The van der Waals surface area contributed by atoms with E-state index in [-0.39, 0.29) is 58.4 Å². The summed E-state index contributed by atoms with van der Waals surface area (Å²) in [5, 5.41) is 0. The zero-order chi connectivity index (χ0) is 5.54. The van der Waals surface area contributed by atoms with Crippen molar-refractivity contribution in [2.75, 3.05) is 0 Å². The third-order valence-electron chi connectivity index (χ3n) is 0.556. The molecule has 0 amide bonds. The van der Waals surface area contributed by atoms with Gasteiger partial charge in [0.2, 0.25) is 0 Å². The van der Waals surface area contributed by atoms with Gasteiger partial charge in [-0.2, -0.15) is 25.1 Å². The molecule has 0 heterocycles. The van der Waals surface area contributed by atoms with Gasteiger partial charge in [0.25, 0.3) is 0 Å². The van der Waals surface area contributed by atoms with Crippen LogP contribution in [-0.2, 0) is 26.2 Å². The number of rotatable bonds is 0. The van der Waals surface area contributed by atoms with Crippen LogP contribution in [0.25, 0.3) is 0 Å². The van der Waals surface area contributed by atoms with Crippen molar-refractivity contribution in [3.8, 4) is 0 Å². The van der Waals surface area contributed by atoms with Crippen LogP contribution in [0, 0.1) is 14.4 Å². The zero-order valence-electron chi connectivity index (χ0n) is 6.85. The van der Waals surface area contributed by atoms with Crippen molar-refractivity contribution in [3.05, 3.63) is 44.7 Å². The van der Waals surface area contributed by atoms with Crippen LogP contribution in [0.4, 0.5) is 0 Å². The first-order chi connectivity index (χ1) is 3.50. The first-order valence-electron chi connectivity index (χ1n) is 2.37. The molecule has 0 radical (unpaired) electrons. The number of halogens is 2. The fraction of sp³-hybridized carbons (Fsp3) is 0.125. The Bertz CT molecular complexity index is 68.6. The van der Waals surface area contributed by atoms with Gasteiger partial charge >= 0.3 is 26.2 Å². The molecular weight excluding hydrogens is 258 g/mol. The molecule has 0 aliphatic carbocycles. The summed E-state index contributed by atoms with van der Waals surface area (Å²) < 4.78 is 0. The summed E-state index contributed by atoms with van der Waals surface area (Å²) in [6.45, 7) is 5.00. The van der Waals surface area contributed by atoms with E-state index < -0.39 is 0 Å². The molecule has 0 bridgehead atoms. The maximum atomic E-state index is 3.25. The Balaban J connectivity index is -0.0000000189. The largest absolute Gasteiger partial charge is 2.00 e. The van der Waals surface area contributed by atoms with Crippen LogP contribution in [0.2, 0.25) is 0 Å². The molecule has 1 aromatic rings. The Labute approximate surface area is 102 Å². The molecule has 3 heteroatoms. The third-order valence-corrected chi connectivity index (χ3v) is 0.556. The summed E-state index contributed by atoms with van der Waals surface area (Å²) >= 11 is 0. The van der Waals surface area contributed by atoms with E-state index in [4.69, 9.17) is 0 Å². The summed E-state index contributed by atoms with van der Waals surface area (Å²) in [7, 11) is 0. The molecule has 0 spiro atoms. The van der Waals surface area contributed by atoms with E-state index in [1.807, 2.05) is 30.3 Å². The van der Waals surface area contributed by atoms with Crippen LogP contribution < -0.4 is 24.8 Å². The molecule has 0 nitrogen and oxygen atoms in total. The Hall–Kier alpha value is 0.813. The van der Waals surface area contributed by atoms with E-state index in [9.17, 15) is 0 Å². The van der Waals surface area contributed by atoms with Crippen molar-refractivity contribution in [3.63, 3.8) is 0 Å². The zero-order valence-corrected chi connectivity index (χ0v) is 10.8. The molecule has 66 valence electrons. The summed E-state index contributed by atoms with van der Waals surface area (Å²) in [5.74, 6) is 0. The van der Waals surface area contributed by atoms with Gasteiger partial charge in [-0.1, -0.05) is 0 Å². The van der Waals surface area contributed by atoms with Crippen molar-refractivity contribution in [1.29, 1.82) is 0 Å². The van der Waals surface area contributed by atoms with E-state index in [0.29, 0.717) is 0 Å². The van der Waals surface area contributed by atoms with Gasteiger partial charge in [0.1, 0.15) is 0 Å². The van der Waals surface area contributed by atoms with Gasteiger partial charge < -0.3 is 39.2 Å². The Kier molecular flexibility index (Phi) is 83.4. The van der Waals surface area contributed by atoms with E-state index in [0.717, 1.165) is 0 Å². The molecule has 0 saturated heterocycles.